The number of likely N-dealkylation sites (tertiary alicyclic amines) is 1. The van der Waals surface area contributed by atoms with E-state index in [1.54, 1.807) is 18.2 Å². The van der Waals surface area contributed by atoms with Gasteiger partial charge in [0.15, 0.2) is 0 Å². The van der Waals surface area contributed by atoms with Crippen LogP contribution in [0, 0.1) is 12.8 Å². The summed E-state index contributed by atoms with van der Waals surface area (Å²) in [5, 5.41) is 9.80. The molecule has 1 aromatic carbocycles. The van der Waals surface area contributed by atoms with Gasteiger partial charge in [-0.1, -0.05) is 18.5 Å². The van der Waals surface area contributed by atoms with Gasteiger partial charge in [-0.15, -0.1) is 0 Å². The van der Waals surface area contributed by atoms with Crippen molar-refractivity contribution < 1.29 is 14.7 Å². The fourth-order valence-corrected chi connectivity index (χ4v) is 2.93. The van der Waals surface area contributed by atoms with Crippen LogP contribution in [0.15, 0.2) is 18.2 Å². The first-order valence-corrected chi connectivity index (χ1v) is 7.07. The van der Waals surface area contributed by atoms with E-state index in [-0.39, 0.29) is 5.91 Å². The number of nitrogens with zero attached hydrogens (tertiary/aromatic N) is 1. The molecule has 0 saturated carbocycles. The highest BCUT2D eigenvalue weighted by Gasteiger charge is 2.35. The lowest BCUT2D eigenvalue weighted by molar-refractivity contribution is -0.144. The Kier molecular flexibility index (Phi) is 4.33. The molecule has 108 valence electrons. The second-order valence-corrected chi connectivity index (χ2v) is 5.94. The number of carboxylic acid groups (broad SMARTS) is 1. The summed E-state index contributed by atoms with van der Waals surface area (Å²) in [5.41, 5.74) is 1.34. The van der Waals surface area contributed by atoms with Crippen LogP contribution in [0.25, 0.3) is 0 Å². The topological polar surface area (TPSA) is 57.6 Å². The van der Waals surface area contributed by atoms with Crippen molar-refractivity contribution in [3.63, 3.8) is 0 Å². The van der Waals surface area contributed by atoms with Gasteiger partial charge in [0.2, 0.25) is 0 Å². The molecule has 1 fully saturated rings. The fourth-order valence-electron chi connectivity index (χ4n) is 2.64. The van der Waals surface area contributed by atoms with Gasteiger partial charge in [0.05, 0.1) is 0 Å². The number of carbonyl (C=O) groups excluding carboxylic acids is 1. The Morgan fingerprint density at radius 2 is 2.05 bits per heavy atom. The minimum absolute atomic E-state index is 0.255. The number of hydrogen-bond acceptors (Lipinski definition) is 2. The van der Waals surface area contributed by atoms with Crippen molar-refractivity contribution in [1.29, 1.82) is 0 Å². The fraction of sp³-hybridized carbons (Fsp3) is 0.467. The molecule has 1 amide bonds. The first-order chi connectivity index (χ1) is 9.38. The molecule has 0 bridgehead atoms. The molecule has 4 nitrogen and oxygen atoms in total. The molecule has 1 N–H and O–H groups in total. The molecule has 0 spiro atoms. The maximum absolute atomic E-state index is 12.5. The molecule has 1 heterocycles. The lowest BCUT2D eigenvalue weighted by Gasteiger charge is -2.36. The molecule has 1 aliphatic rings. The van der Waals surface area contributed by atoms with Gasteiger partial charge in [-0.3, -0.25) is 4.79 Å². The molecule has 2 rings (SSSR count). The number of rotatable bonds is 2. The lowest BCUT2D eigenvalue weighted by Crippen LogP contribution is -2.49. The van der Waals surface area contributed by atoms with Crippen LogP contribution in [0.3, 0.4) is 0 Å². The maximum atomic E-state index is 12.5. The number of amides is 1. The first-order valence-electron chi connectivity index (χ1n) is 6.69. The summed E-state index contributed by atoms with van der Waals surface area (Å²) in [5.74, 6) is -0.875. The van der Waals surface area contributed by atoms with E-state index in [4.69, 9.17) is 11.6 Å². The summed E-state index contributed by atoms with van der Waals surface area (Å²) >= 11 is 5.97. The highest BCUT2D eigenvalue weighted by Crippen LogP contribution is 2.25. The van der Waals surface area contributed by atoms with Crippen LogP contribution >= 0.6 is 11.6 Å². The third-order valence-corrected chi connectivity index (χ3v) is 3.92. The zero-order chi connectivity index (χ0) is 14.9. The molecule has 0 radical (unpaired) electrons. The summed E-state index contributed by atoms with van der Waals surface area (Å²) in [6, 6.07) is 4.36. The number of halogens is 1. The van der Waals surface area contributed by atoms with Gasteiger partial charge < -0.3 is 10.0 Å². The summed E-state index contributed by atoms with van der Waals surface area (Å²) in [4.78, 5) is 25.3. The molecule has 2 atom stereocenters. The summed E-state index contributed by atoms with van der Waals surface area (Å²) in [7, 11) is 0. The van der Waals surface area contributed by atoms with E-state index < -0.39 is 12.0 Å². The van der Waals surface area contributed by atoms with Gasteiger partial charge in [0.25, 0.3) is 5.91 Å². The van der Waals surface area contributed by atoms with E-state index in [1.807, 2.05) is 13.8 Å². The normalized spacial score (nSPS) is 22.6. The van der Waals surface area contributed by atoms with E-state index in [9.17, 15) is 14.7 Å². The number of piperidine rings is 1. The van der Waals surface area contributed by atoms with Crippen LogP contribution in [0.1, 0.15) is 35.7 Å². The van der Waals surface area contributed by atoms with Crippen LogP contribution < -0.4 is 0 Å². The van der Waals surface area contributed by atoms with Crippen LogP contribution in [0.2, 0.25) is 5.02 Å². The lowest BCUT2D eigenvalue weighted by atomic mass is 9.92. The van der Waals surface area contributed by atoms with E-state index in [0.717, 1.165) is 12.0 Å². The summed E-state index contributed by atoms with van der Waals surface area (Å²) in [6.07, 6.45) is 1.33. The van der Waals surface area contributed by atoms with Crippen LogP contribution in [-0.2, 0) is 4.79 Å². The highest BCUT2D eigenvalue weighted by atomic mass is 35.5. The second-order valence-electron chi connectivity index (χ2n) is 5.50. The Hall–Kier alpha value is -1.55. The molecule has 5 heteroatoms. The van der Waals surface area contributed by atoms with Gasteiger partial charge in [-0.05, 0) is 49.4 Å². The Balaban J connectivity index is 2.28. The molecule has 2 unspecified atom stereocenters. The molecular weight excluding hydrogens is 278 g/mol. The van der Waals surface area contributed by atoms with Crippen molar-refractivity contribution in [2.45, 2.75) is 32.7 Å². The smallest absolute Gasteiger partial charge is 0.326 e. The number of hydrogen-bond donors (Lipinski definition) is 1. The monoisotopic (exact) mass is 295 g/mol. The predicted octanol–water partition coefficient (Wildman–Crippen LogP) is 2.97. The standard InChI is InChI=1S/C15H18ClNO3/c1-9-3-4-17(13(7-9)15(19)20)14(18)11-5-10(2)6-12(16)8-11/h5-6,8-9,13H,3-4,7H2,1-2H3,(H,19,20). The van der Waals surface area contributed by atoms with Crippen molar-refractivity contribution in [3.8, 4) is 0 Å². The van der Waals surface area contributed by atoms with Gasteiger partial charge in [0.1, 0.15) is 6.04 Å². The van der Waals surface area contributed by atoms with E-state index in [1.165, 1.54) is 4.90 Å². The minimum atomic E-state index is -0.941. The number of aliphatic carboxylic acids is 1. The SMILES string of the molecule is Cc1cc(Cl)cc(C(=O)N2CCC(C)CC2C(=O)O)c1. The van der Waals surface area contributed by atoms with E-state index in [2.05, 4.69) is 0 Å². The van der Waals surface area contributed by atoms with Gasteiger partial charge in [-0.2, -0.15) is 0 Å². The number of carboxylic acids is 1. The maximum Gasteiger partial charge on any atom is 0.326 e. The number of aryl methyl sites for hydroxylation is 1. The minimum Gasteiger partial charge on any atom is -0.480 e. The molecule has 0 aliphatic carbocycles. The first kappa shape index (κ1) is 14.9. The average Bonchev–Trinajstić information content (AvgIpc) is 2.36. The Morgan fingerprint density at radius 1 is 1.35 bits per heavy atom. The van der Waals surface area contributed by atoms with Gasteiger partial charge in [0, 0.05) is 17.1 Å². The van der Waals surface area contributed by atoms with Crippen LogP contribution in [-0.4, -0.2) is 34.5 Å². The molecular formula is C15H18ClNO3. The molecule has 1 aliphatic heterocycles. The van der Waals surface area contributed by atoms with Crippen molar-refractivity contribution in [2.24, 2.45) is 5.92 Å². The predicted molar refractivity (Wildman–Crippen MR) is 77.0 cm³/mol. The van der Waals surface area contributed by atoms with E-state index in [0.29, 0.717) is 29.5 Å². The Bertz CT molecular complexity index is 524. The van der Waals surface area contributed by atoms with E-state index >= 15 is 0 Å². The zero-order valence-electron chi connectivity index (χ0n) is 11.6. The van der Waals surface area contributed by atoms with Crippen molar-refractivity contribution in [3.05, 3.63) is 34.3 Å². The quantitative estimate of drug-likeness (QED) is 0.912. The number of benzene rings is 1. The van der Waals surface area contributed by atoms with Crippen LogP contribution in [0.4, 0.5) is 0 Å². The third-order valence-electron chi connectivity index (χ3n) is 3.70. The van der Waals surface area contributed by atoms with Crippen molar-refractivity contribution >= 4 is 23.5 Å². The van der Waals surface area contributed by atoms with Gasteiger partial charge >= 0.3 is 5.97 Å². The Labute approximate surface area is 123 Å². The Morgan fingerprint density at radius 3 is 2.65 bits per heavy atom. The van der Waals surface area contributed by atoms with Crippen molar-refractivity contribution in [2.75, 3.05) is 6.54 Å². The van der Waals surface area contributed by atoms with Crippen LogP contribution in [0.5, 0.6) is 0 Å². The zero-order valence-corrected chi connectivity index (χ0v) is 12.4. The summed E-state index contributed by atoms with van der Waals surface area (Å²) < 4.78 is 0. The number of carbonyl (C=O) groups is 2. The average molecular weight is 296 g/mol. The third kappa shape index (κ3) is 3.12. The largest absolute Gasteiger partial charge is 0.480 e. The highest BCUT2D eigenvalue weighted by molar-refractivity contribution is 6.31. The molecule has 1 saturated heterocycles. The summed E-state index contributed by atoms with van der Waals surface area (Å²) in [6.45, 7) is 4.35. The molecule has 20 heavy (non-hydrogen) atoms. The van der Waals surface area contributed by atoms with Gasteiger partial charge in [-0.25, -0.2) is 4.79 Å². The van der Waals surface area contributed by atoms with Crippen molar-refractivity contribution in [1.82, 2.24) is 4.90 Å². The molecule has 1 aromatic rings. The second kappa shape index (κ2) is 5.83. The molecule has 0 aromatic heterocycles.